The van der Waals surface area contributed by atoms with E-state index in [0.29, 0.717) is 0 Å². The molecule has 4 heteroatoms. The van der Waals surface area contributed by atoms with Crippen LogP contribution in [0.5, 0.6) is 0 Å². The first-order valence-electron chi connectivity index (χ1n) is 5.73. The smallest absolute Gasteiger partial charge is 0.152 e. The monoisotopic (exact) mass is 221 g/mol. The van der Waals surface area contributed by atoms with Crippen LogP contribution in [-0.4, -0.2) is 29.3 Å². The molecule has 2 heterocycles. The largest absolute Gasteiger partial charge is 0.396 e. The summed E-state index contributed by atoms with van der Waals surface area (Å²) in [5.41, 5.74) is 7.84. The van der Waals surface area contributed by atoms with Crippen molar-refractivity contribution >= 4 is 11.5 Å². The lowest BCUT2D eigenvalue weighted by Crippen LogP contribution is -2.42. The molecule has 3 N–H and O–H groups in total. The summed E-state index contributed by atoms with van der Waals surface area (Å²) in [6, 6.07) is 1.92. The number of hydrogen-bond donors (Lipinski definition) is 2. The Morgan fingerprint density at radius 1 is 1.56 bits per heavy atom. The Kier molecular flexibility index (Phi) is 3.01. The molecule has 2 unspecified atom stereocenters. The lowest BCUT2D eigenvalue weighted by atomic mass is 9.96. The highest BCUT2D eigenvalue weighted by atomic mass is 16.3. The van der Waals surface area contributed by atoms with Crippen LogP contribution in [0.25, 0.3) is 0 Å². The van der Waals surface area contributed by atoms with Crippen LogP contribution in [0.3, 0.4) is 0 Å². The molecule has 2 rings (SSSR count). The Morgan fingerprint density at radius 3 is 3.00 bits per heavy atom. The molecule has 0 aromatic carbocycles. The summed E-state index contributed by atoms with van der Waals surface area (Å²) in [5, 5.41) is 9.69. The third-order valence-electron chi connectivity index (χ3n) is 3.35. The molecule has 1 aromatic heterocycles. The van der Waals surface area contributed by atoms with Gasteiger partial charge in [0, 0.05) is 19.3 Å². The number of hydrogen-bond acceptors (Lipinski definition) is 4. The first-order valence-corrected chi connectivity index (χ1v) is 5.73. The molecule has 4 nitrogen and oxygen atoms in total. The molecule has 88 valence electrons. The van der Waals surface area contributed by atoms with Gasteiger partial charge >= 0.3 is 0 Å². The number of piperidine rings is 1. The van der Waals surface area contributed by atoms with Gasteiger partial charge in [-0.2, -0.15) is 0 Å². The van der Waals surface area contributed by atoms with Gasteiger partial charge in [-0.25, -0.2) is 4.98 Å². The van der Waals surface area contributed by atoms with Gasteiger partial charge in [-0.15, -0.1) is 0 Å². The Balaban J connectivity index is 2.22. The predicted octanol–water partition coefficient (Wildman–Crippen LogP) is 1.18. The Morgan fingerprint density at radius 2 is 2.31 bits per heavy atom. The molecule has 0 amide bonds. The van der Waals surface area contributed by atoms with Gasteiger partial charge in [0.2, 0.25) is 0 Å². The van der Waals surface area contributed by atoms with Crippen molar-refractivity contribution < 1.29 is 5.11 Å². The van der Waals surface area contributed by atoms with E-state index in [2.05, 4.69) is 16.8 Å². The molecule has 1 aliphatic heterocycles. The highest BCUT2D eigenvalue weighted by molar-refractivity contribution is 5.66. The summed E-state index contributed by atoms with van der Waals surface area (Å²) in [4.78, 5) is 6.51. The maximum absolute atomic E-state index is 9.69. The molecule has 0 bridgehead atoms. The summed E-state index contributed by atoms with van der Waals surface area (Å²) >= 11 is 0. The van der Waals surface area contributed by atoms with E-state index in [1.165, 1.54) is 0 Å². The number of pyridine rings is 1. The van der Waals surface area contributed by atoms with Crippen LogP contribution in [0.4, 0.5) is 11.5 Å². The minimum absolute atomic E-state index is 0.192. The average Bonchev–Trinajstić information content (AvgIpc) is 2.26. The standard InChI is InChI=1S/C12H19N3O/c1-8-3-5-14-12(11(8)13)15-6-4-10(16)9(2)7-15/h3,5,9-10,16H,4,6-7,13H2,1-2H3. The summed E-state index contributed by atoms with van der Waals surface area (Å²) in [7, 11) is 0. The van der Waals surface area contributed by atoms with Gasteiger partial charge in [0.1, 0.15) is 0 Å². The van der Waals surface area contributed by atoms with E-state index in [4.69, 9.17) is 5.73 Å². The molecule has 0 radical (unpaired) electrons. The molecule has 0 aliphatic carbocycles. The zero-order valence-electron chi connectivity index (χ0n) is 9.85. The van der Waals surface area contributed by atoms with Crippen molar-refractivity contribution in [2.45, 2.75) is 26.4 Å². The van der Waals surface area contributed by atoms with E-state index >= 15 is 0 Å². The zero-order chi connectivity index (χ0) is 11.7. The van der Waals surface area contributed by atoms with Gasteiger partial charge in [0.25, 0.3) is 0 Å². The second-order valence-corrected chi connectivity index (χ2v) is 4.64. The summed E-state index contributed by atoms with van der Waals surface area (Å²) in [6.45, 7) is 5.69. The maximum atomic E-state index is 9.69. The molecular weight excluding hydrogens is 202 g/mol. The number of aryl methyl sites for hydroxylation is 1. The Labute approximate surface area is 96.1 Å². The van der Waals surface area contributed by atoms with Crippen LogP contribution < -0.4 is 10.6 Å². The zero-order valence-corrected chi connectivity index (χ0v) is 9.85. The fraction of sp³-hybridized carbons (Fsp3) is 0.583. The van der Waals surface area contributed by atoms with E-state index in [0.717, 1.165) is 36.6 Å². The number of nitrogens with two attached hydrogens (primary N) is 1. The quantitative estimate of drug-likeness (QED) is 0.747. The highest BCUT2D eigenvalue weighted by Crippen LogP contribution is 2.27. The van der Waals surface area contributed by atoms with Crippen LogP contribution in [-0.2, 0) is 0 Å². The van der Waals surface area contributed by atoms with Crippen molar-refractivity contribution in [2.24, 2.45) is 5.92 Å². The number of aliphatic hydroxyl groups excluding tert-OH is 1. The molecule has 16 heavy (non-hydrogen) atoms. The number of anilines is 2. The van der Waals surface area contributed by atoms with E-state index in [1.54, 1.807) is 6.20 Å². The second kappa shape index (κ2) is 4.29. The fourth-order valence-corrected chi connectivity index (χ4v) is 2.13. The molecule has 1 aliphatic rings. The average molecular weight is 221 g/mol. The van der Waals surface area contributed by atoms with E-state index in [9.17, 15) is 5.11 Å². The molecule has 1 aromatic rings. The second-order valence-electron chi connectivity index (χ2n) is 4.64. The third-order valence-corrected chi connectivity index (χ3v) is 3.35. The van der Waals surface area contributed by atoms with Crippen LogP contribution in [0.15, 0.2) is 12.3 Å². The van der Waals surface area contributed by atoms with Crippen LogP contribution >= 0.6 is 0 Å². The molecule has 0 saturated carbocycles. The topological polar surface area (TPSA) is 62.4 Å². The van der Waals surface area contributed by atoms with Crippen molar-refractivity contribution in [2.75, 3.05) is 23.7 Å². The molecule has 0 spiro atoms. The molecule has 2 atom stereocenters. The number of nitrogen functional groups attached to an aromatic ring is 1. The number of nitrogens with zero attached hydrogens (tertiary/aromatic N) is 2. The molecule has 1 fully saturated rings. The van der Waals surface area contributed by atoms with Crippen LogP contribution in [0.2, 0.25) is 0 Å². The van der Waals surface area contributed by atoms with Crippen molar-refractivity contribution in [3.63, 3.8) is 0 Å². The van der Waals surface area contributed by atoms with Crippen molar-refractivity contribution in [1.29, 1.82) is 0 Å². The minimum Gasteiger partial charge on any atom is -0.396 e. The van der Waals surface area contributed by atoms with Gasteiger partial charge < -0.3 is 15.7 Å². The first kappa shape index (κ1) is 11.2. The van der Waals surface area contributed by atoms with Crippen LogP contribution in [0, 0.1) is 12.8 Å². The lowest BCUT2D eigenvalue weighted by molar-refractivity contribution is 0.0969. The predicted molar refractivity (Wildman–Crippen MR) is 65.4 cm³/mol. The minimum atomic E-state index is -0.192. The van der Waals surface area contributed by atoms with Gasteiger partial charge in [0.05, 0.1) is 11.8 Å². The lowest BCUT2D eigenvalue weighted by Gasteiger charge is -2.35. The fourth-order valence-electron chi connectivity index (χ4n) is 2.13. The number of aliphatic hydroxyl groups is 1. The molecule has 1 saturated heterocycles. The van der Waals surface area contributed by atoms with Gasteiger partial charge in [-0.05, 0) is 30.9 Å². The first-order chi connectivity index (χ1) is 7.59. The van der Waals surface area contributed by atoms with Crippen molar-refractivity contribution in [3.05, 3.63) is 17.8 Å². The van der Waals surface area contributed by atoms with E-state index in [1.807, 2.05) is 13.0 Å². The Bertz CT molecular complexity index is 381. The number of rotatable bonds is 1. The Hall–Kier alpha value is -1.29. The van der Waals surface area contributed by atoms with Gasteiger partial charge in [-0.3, -0.25) is 0 Å². The summed E-state index contributed by atoms with van der Waals surface area (Å²) in [6.07, 6.45) is 2.38. The molecular formula is C12H19N3O. The van der Waals surface area contributed by atoms with Gasteiger partial charge in [0.15, 0.2) is 5.82 Å². The SMILES string of the molecule is Cc1ccnc(N2CCC(O)C(C)C2)c1N. The van der Waals surface area contributed by atoms with E-state index < -0.39 is 0 Å². The van der Waals surface area contributed by atoms with Crippen LogP contribution in [0.1, 0.15) is 18.9 Å². The normalized spacial score (nSPS) is 25.8. The van der Waals surface area contributed by atoms with Crippen molar-refractivity contribution in [1.82, 2.24) is 4.98 Å². The van der Waals surface area contributed by atoms with Gasteiger partial charge in [-0.1, -0.05) is 6.92 Å². The van der Waals surface area contributed by atoms with Crippen molar-refractivity contribution in [3.8, 4) is 0 Å². The highest BCUT2D eigenvalue weighted by Gasteiger charge is 2.26. The number of aromatic nitrogens is 1. The van der Waals surface area contributed by atoms with E-state index in [-0.39, 0.29) is 12.0 Å². The maximum Gasteiger partial charge on any atom is 0.152 e. The third kappa shape index (κ3) is 1.97. The summed E-state index contributed by atoms with van der Waals surface area (Å²) < 4.78 is 0. The summed E-state index contributed by atoms with van der Waals surface area (Å²) in [5.74, 6) is 1.13.